The lowest BCUT2D eigenvalue weighted by Crippen LogP contribution is -2.43. The highest BCUT2D eigenvalue weighted by atomic mass is 127. The molecular formula is C22H20INO3. The van der Waals surface area contributed by atoms with E-state index in [1.54, 1.807) is 0 Å². The predicted molar refractivity (Wildman–Crippen MR) is 114 cm³/mol. The van der Waals surface area contributed by atoms with Gasteiger partial charge in [0.1, 0.15) is 6.04 Å². The fourth-order valence-corrected chi connectivity index (χ4v) is 3.62. The highest BCUT2D eigenvalue weighted by Gasteiger charge is 2.22. The second-order valence-electron chi connectivity index (χ2n) is 6.34. The van der Waals surface area contributed by atoms with Gasteiger partial charge in [-0.15, -0.1) is 0 Å². The third kappa shape index (κ3) is 5.29. The van der Waals surface area contributed by atoms with Crippen molar-refractivity contribution >= 4 is 45.2 Å². The number of carbonyl (C=O) groups excluding carboxylic acids is 2. The van der Waals surface area contributed by atoms with Crippen LogP contribution >= 0.6 is 22.6 Å². The molecular weight excluding hydrogens is 453 g/mol. The maximum atomic E-state index is 12.5. The molecule has 0 radical (unpaired) electrons. The van der Waals surface area contributed by atoms with Crippen molar-refractivity contribution in [3.05, 3.63) is 81.4 Å². The molecule has 0 unspecified atom stereocenters. The zero-order chi connectivity index (χ0) is 19.2. The number of hydrogen-bond donors (Lipinski definition) is 1. The molecule has 0 aliphatic heterocycles. The number of fused-ring (bicyclic) bond motifs is 1. The quantitative estimate of drug-likeness (QED) is 0.437. The molecule has 3 aromatic rings. The third-order valence-electron chi connectivity index (χ3n) is 4.33. The molecule has 0 heterocycles. The zero-order valence-corrected chi connectivity index (χ0v) is 17.1. The maximum Gasteiger partial charge on any atom is 0.328 e. The van der Waals surface area contributed by atoms with Gasteiger partial charge in [-0.3, -0.25) is 4.79 Å². The summed E-state index contributed by atoms with van der Waals surface area (Å²) in [7, 11) is 1.33. The first-order chi connectivity index (χ1) is 13.0. The van der Waals surface area contributed by atoms with Crippen molar-refractivity contribution in [2.45, 2.75) is 18.9 Å². The van der Waals surface area contributed by atoms with Crippen molar-refractivity contribution in [1.29, 1.82) is 0 Å². The van der Waals surface area contributed by atoms with Gasteiger partial charge in [-0.05, 0) is 56.6 Å². The van der Waals surface area contributed by atoms with Crippen molar-refractivity contribution in [2.24, 2.45) is 0 Å². The molecule has 0 aromatic heterocycles. The monoisotopic (exact) mass is 473 g/mol. The first-order valence-electron chi connectivity index (χ1n) is 8.64. The van der Waals surface area contributed by atoms with E-state index in [-0.39, 0.29) is 12.3 Å². The summed E-state index contributed by atoms with van der Waals surface area (Å²) in [6.07, 6.45) is 0.609. The normalized spacial score (nSPS) is 11.8. The highest BCUT2D eigenvalue weighted by Crippen LogP contribution is 2.16. The van der Waals surface area contributed by atoms with E-state index in [1.807, 2.05) is 66.7 Å². The fraction of sp³-hybridized carbons (Fsp3) is 0.182. The molecule has 0 aliphatic rings. The second kappa shape index (κ2) is 8.99. The van der Waals surface area contributed by atoms with Crippen LogP contribution in [-0.4, -0.2) is 25.0 Å². The largest absolute Gasteiger partial charge is 0.467 e. The Hall–Kier alpha value is -2.41. The van der Waals surface area contributed by atoms with Crippen LogP contribution in [0.5, 0.6) is 0 Å². The number of ether oxygens (including phenoxy) is 1. The van der Waals surface area contributed by atoms with Gasteiger partial charge < -0.3 is 10.1 Å². The van der Waals surface area contributed by atoms with E-state index in [2.05, 4.69) is 27.9 Å². The van der Waals surface area contributed by atoms with Gasteiger partial charge in [0.25, 0.3) is 0 Å². The van der Waals surface area contributed by atoms with E-state index in [0.717, 1.165) is 25.5 Å². The SMILES string of the molecule is COC(=O)[C@@H](Cc1cccc(I)c1)NC(=O)Cc1ccc2ccccc2c1. The summed E-state index contributed by atoms with van der Waals surface area (Å²) in [5, 5.41) is 5.04. The molecule has 1 atom stereocenters. The van der Waals surface area contributed by atoms with E-state index in [9.17, 15) is 9.59 Å². The lowest BCUT2D eigenvalue weighted by Gasteiger charge is -2.17. The number of esters is 1. The molecule has 1 N–H and O–H groups in total. The Morgan fingerprint density at radius 3 is 2.48 bits per heavy atom. The number of nitrogens with one attached hydrogen (secondary N) is 1. The van der Waals surface area contributed by atoms with E-state index < -0.39 is 12.0 Å². The molecule has 0 spiro atoms. The van der Waals surface area contributed by atoms with Crippen molar-refractivity contribution in [3.63, 3.8) is 0 Å². The van der Waals surface area contributed by atoms with Crippen molar-refractivity contribution < 1.29 is 14.3 Å². The number of methoxy groups -OCH3 is 1. The van der Waals surface area contributed by atoms with Gasteiger partial charge in [0, 0.05) is 9.99 Å². The minimum absolute atomic E-state index is 0.202. The van der Waals surface area contributed by atoms with E-state index in [0.29, 0.717) is 6.42 Å². The molecule has 0 bridgehead atoms. The Balaban J connectivity index is 1.70. The zero-order valence-electron chi connectivity index (χ0n) is 14.9. The summed E-state index contributed by atoms with van der Waals surface area (Å²) in [5.41, 5.74) is 1.88. The molecule has 4 nitrogen and oxygen atoms in total. The Labute approximate surface area is 172 Å². The Kier molecular flexibility index (Phi) is 6.45. The number of rotatable bonds is 6. The molecule has 0 saturated carbocycles. The van der Waals surface area contributed by atoms with Gasteiger partial charge in [0.05, 0.1) is 13.5 Å². The Bertz CT molecular complexity index is 970. The first-order valence-corrected chi connectivity index (χ1v) is 9.72. The standard InChI is InChI=1S/C22H20INO3/c1-27-22(26)20(13-15-5-4-8-19(23)12-15)24-21(25)14-16-9-10-17-6-2-3-7-18(17)11-16/h2-12,20H,13-14H2,1H3,(H,24,25)/t20-/m1/s1. The fourth-order valence-electron chi connectivity index (χ4n) is 3.01. The number of amides is 1. The van der Waals surface area contributed by atoms with Crippen LogP contribution < -0.4 is 5.32 Å². The summed E-state index contributed by atoms with van der Waals surface area (Å²) in [6, 6.07) is 21.1. The molecule has 138 valence electrons. The van der Waals surface area contributed by atoms with Crippen molar-refractivity contribution in [3.8, 4) is 0 Å². The minimum Gasteiger partial charge on any atom is -0.467 e. The number of benzene rings is 3. The van der Waals surface area contributed by atoms with Crippen LogP contribution in [0.2, 0.25) is 0 Å². The molecule has 5 heteroatoms. The van der Waals surface area contributed by atoms with E-state index in [4.69, 9.17) is 4.74 Å². The van der Waals surface area contributed by atoms with Crippen molar-refractivity contribution in [2.75, 3.05) is 7.11 Å². The summed E-state index contributed by atoms with van der Waals surface area (Å²) in [5.74, 6) is -0.646. The Morgan fingerprint density at radius 1 is 0.963 bits per heavy atom. The third-order valence-corrected chi connectivity index (χ3v) is 5.00. The molecule has 0 aliphatic carbocycles. The second-order valence-corrected chi connectivity index (χ2v) is 7.58. The smallest absolute Gasteiger partial charge is 0.328 e. The van der Waals surface area contributed by atoms with Crippen LogP contribution in [0.15, 0.2) is 66.7 Å². The van der Waals surface area contributed by atoms with Gasteiger partial charge in [0.15, 0.2) is 0 Å². The molecule has 0 saturated heterocycles. The van der Waals surface area contributed by atoms with Gasteiger partial charge in [-0.1, -0.05) is 54.6 Å². The summed E-state index contributed by atoms with van der Waals surface area (Å²) in [6.45, 7) is 0. The van der Waals surface area contributed by atoms with Crippen LogP contribution in [0.25, 0.3) is 10.8 Å². The number of halogens is 1. The van der Waals surface area contributed by atoms with Crippen LogP contribution in [0.3, 0.4) is 0 Å². The molecule has 3 rings (SSSR count). The number of hydrogen-bond acceptors (Lipinski definition) is 3. The van der Waals surface area contributed by atoms with Gasteiger partial charge in [-0.2, -0.15) is 0 Å². The van der Waals surface area contributed by atoms with Crippen LogP contribution in [0.4, 0.5) is 0 Å². The van der Waals surface area contributed by atoms with Crippen molar-refractivity contribution in [1.82, 2.24) is 5.32 Å². The lowest BCUT2D eigenvalue weighted by atomic mass is 10.0. The summed E-state index contributed by atoms with van der Waals surface area (Å²) < 4.78 is 5.95. The molecule has 27 heavy (non-hydrogen) atoms. The number of carbonyl (C=O) groups is 2. The average molecular weight is 473 g/mol. The van der Waals surface area contributed by atoms with E-state index >= 15 is 0 Å². The molecule has 1 amide bonds. The van der Waals surface area contributed by atoms with Gasteiger partial charge >= 0.3 is 5.97 Å². The lowest BCUT2D eigenvalue weighted by molar-refractivity contribution is -0.145. The van der Waals surface area contributed by atoms with Gasteiger partial charge in [0.2, 0.25) is 5.91 Å². The summed E-state index contributed by atoms with van der Waals surface area (Å²) >= 11 is 2.22. The van der Waals surface area contributed by atoms with Crippen LogP contribution in [0.1, 0.15) is 11.1 Å². The van der Waals surface area contributed by atoms with E-state index in [1.165, 1.54) is 7.11 Å². The topological polar surface area (TPSA) is 55.4 Å². The molecule has 3 aromatic carbocycles. The van der Waals surface area contributed by atoms with Crippen LogP contribution in [0, 0.1) is 3.57 Å². The summed E-state index contributed by atoms with van der Waals surface area (Å²) in [4.78, 5) is 24.6. The predicted octanol–water partition coefficient (Wildman–Crippen LogP) is 3.89. The maximum absolute atomic E-state index is 12.5. The first kappa shape index (κ1) is 19.4. The minimum atomic E-state index is -0.707. The Morgan fingerprint density at radius 2 is 1.74 bits per heavy atom. The highest BCUT2D eigenvalue weighted by molar-refractivity contribution is 14.1. The average Bonchev–Trinajstić information content (AvgIpc) is 2.66. The van der Waals surface area contributed by atoms with Gasteiger partial charge in [-0.25, -0.2) is 4.79 Å². The molecule has 0 fully saturated rings. The van der Waals surface area contributed by atoms with Crippen LogP contribution in [-0.2, 0) is 27.2 Å².